The van der Waals surface area contributed by atoms with Crippen LogP contribution < -0.4 is 5.32 Å². The Balaban J connectivity index is 1.71. The summed E-state index contributed by atoms with van der Waals surface area (Å²) >= 11 is 0. The van der Waals surface area contributed by atoms with Crippen LogP contribution in [0, 0.1) is 11.8 Å². The molecule has 1 aliphatic carbocycles. The number of hydrogen-bond donors (Lipinski definition) is 2. The summed E-state index contributed by atoms with van der Waals surface area (Å²) in [6.07, 6.45) is -0.938. The molecule has 0 saturated carbocycles. The first-order valence-electron chi connectivity index (χ1n) is 12.3. The summed E-state index contributed by atoms with van der Waals surface area (Å²) in [6, 6.07) is 15.2. The molecular formula is C28H36N2O5. The normalized spacial score (nSPS) is 13.3. The van der Waals surface area contributed by atoms with Crippen LogP contribution >= 0.6 is 0 Å². The van der Waals surface area contributed by atoms with Crippen molar-refractivity contribution >= 4 is 18.0 Å². The Kier molecular flexibility index (Phi) is 8.90. The van der Waals surface area contributed by atoms with Crippen LogP contribution in [0.2, 0.25) is 0 Å². The lowest BCUT2D eigenvalue weighted by Crippen LogP contribution is -2.50. The number of benzene rings is 2. The van der Waals surface area contributed by atoms with E-state index >= 15 is 0 Å². The fraction of sp³-hybridized carbons (Fsp3) is 0.464. The van der Waals surface area contributed by atoms with Crippen LogP contribution in [-0.4, -0.2) is 53.7 Å². The summed E-state index contributed by atoms with van der Waals surface area (Å²) in [6.45, 7) is 9.27. The zero-order chi connectivity index (χ0) is 25.5. The van der Waals surface area contributed by atoms with Crippen molar-refractivity contribution in [2.24, 2.45) is 11.8 Å². The fourth-order valence-electron chi connectivity index (χ4n) is 4.66. The van der Waals surface area contributed by atoms with Gasteiger partial charge in [-0.2, -0.15) is 0 Å². The van der Waals surface area contributed by atoms with E-state index in [1.165, 1.54) is 0 Å². The van der Waals surface area contributed by atoms with Gasteiger partial charge in [-0.25, -0.2) is 4.79 Å². The molecule has 7 nitrogen and oxygen atoms in total. The Labute approximate surface area is 207 Å². The highest BCUT2D eigenvalue weighted by atomic mass is 16.5. The number of amides is 2. The number of aliphatic carboxylic acids is 1. The van der Waals surface area contributed by atoms with Gasteiger partial charge in [-0.15, -0.1) is 0 Å². The largest absolute Gasteiger partial charge is 0.481 e. The summed E-state index contributed by atoms with van der Waals surface area (Å²) in [7, 11) is 0. The van der Waals surface area contributed by atoms with Crippen molar-refractivity contribution in [1.82, 2.24) is 10.2 Å². The predicted molar refractivity (Wildman–Crippen MR) is 135 cm³/mol. The second-order valence-electron chi connectivity index (χ2n) is 9.99. The molecule has 188 valence electrons. The van der Waals surface area contributed by atoms with E-state index in [4.69, 9.17) is 4.74 Å². The first-order chi connectivity index (χ1) is 16.7. The maximum absolute atomic E-state index is 13.3. The van der Waals surface area contributed by atoms with Crippen molar-refractivity contribution in [2.75, 3.05) is 19.7 Å². The minimum absolute atomic E-state index is 0.00501. The number of carboxylic acids is 1. The van der Waals surface area contributed by atoms with Gasteiger partial charge < -0.3 is 20.1 Å². The molecule has 2 aromatic rings. The lowest BCUT2D eigenvalue weighted by atomic mass is 9.98. The number of rotatable bonds is 11. The summed E-state index contributed by atoms with van der Waals surface area (Å²) in [4.78, 5) is 39.0. The summed E-state index contributed by atoms with van der Waals surface area (Å²) in [5.74, 6) is -0.905. The monoisotopic (exact) mass is 480 g/mol. The van der Waals surface area contributed by atoms with Crippen LogP contribution in [0.25, 0.3) is 11.1 Å². The van der Waals surface area contributed by atoms with Crippen LogP contribution in [0.15, 0.2) is 48.5 Å². The highest BCUT2D eigenvalue weighted by molar-refractivity contribution is 5.86. The minimum Gasteiger partial charge on any atom is -0.481 e. The first kappa shape index (κ1) is 26.3. The van der Waals surface area contributed by atoms with E-state index in [2.05, 4.69) is 17.4 Å². The number of ether oxygens (including phenoxy) is 1. The van der Waals surface area contributed by atoms with Crippen LogP contribution in [0.3, 0.4) is 0 Å². The van der Waals surface area contributed by atoms with Gasteiger partial charge in [-0.1, -0.05) is 76.2 Å². The predicted octanol–water partition coefficient (Wildman–Crippen LogP) is 4.90. The Morgan fingerprint density at radius 2 is 1.43 bits per heavy atom. The Morgan fingerprint density at radius 1 is 0.914 bits per heavy atom. The molecule has 0 radical (unpaired) electrons. The van der Waals surface area contributed by atoms with Crippen molar-refractivity contribution in [3.05, 3.63) is 59.7 Å². The van der Waals surface area contributed by atoms with Crippen molar-refractivity contribution in [2.45, 2.75) is 52.5 Å². The van der Waals surface area contributed by atoms with E-state index in [9.17, 15) is 19.5 Å². The quantitative estimate of drug-likeness (QED) is 0.477. The van der Waals surface area contributed by atoms with Gasteiger partial charge in [-0.3, -0.25) is 9.59 Å². The van der Waals surface area contributed by atoms with Crippen LogP contribution in [0.4, 0.5) is 4.79 Å². The molecule has 0 bridgehead atoms. The molecule has 1 atom stereocenters. The number of carbonyl (C=O) groups excluding carboxylic acids is 2. The maximum atomic E-state index is 13.3. The van der Waals surface area contributed by atoms with Crippen LogP contribution in [0.1, 0.15) is 57.6 Å². The van der Waals surface area contributed by atoms with E-state index in [0.717, 1.165) is 22.3 Å². The van der Waals surface area contributed by atoms with Crippen molar-refractivity contribution < 1.29 is 24.2 Å². The third-order valence-corrected chi connectivity index (χ3v) is 6.06. The van der Waals surface area contributed by atoms with Gasteiger partial charge in [0.25, 0.3) is 0 Å². The number of nitrogens with one attached hydrogen (secondary N) is 1. The molecular weight excluding hydrogens is 444 g/mol. The Hall–Kier alpha value is -3.35. The number of alkyl carbamates (subject to hydrolysis) is 1. The maximum Gasteiger partial charge on any atom is 0.407 e. The molecule has 0 fully saturated rings. The topological polar surface area (TPSA) is 95.9 Å². The summed E-state index contributed by atoms with van der Waals surface area (Å²) in [5.41, 5.74) is 4.45. The molecule has 7 heteroatoms. The van der Waals surface area contributed by atoms with E-state index in [1.54, 1.807) is 4.90 Å². The average molecular weight is 481 g/mol. The second kappa shape index (κ2) is 11.9. The SMILES string of the molecule is CC(C)CN(CC(C)C)C(=O)C(CCC(=O)O)NC(=O)OCC1c2ccccc2-c2ccccc21. The van der Waals surface area contributed by atoms with Gasteiger partial charge >= 0.3 is 12.1 Å². The summed E-state index contributed by atoms with van der Waals surface area (Å²) in [5, 5.41) is 11.8. The molecule has 0 aliphatic heterocycles. The average Bonchev–Trinajstić information content (AvgIpc) is 3.12. The number of carboxylic acid groups (broad SMARTS) is 1. The Morgan fingerprint density at radius 3 is 1.91 bits per heavy atom. The van der Waals surface area contributed by atoms with Gasteiger partial charge in [0.2, 0.25) is 5.91 Å². The third kappa shape index (κ3) is 6.84. The molecule has 0 saturated heterocycles. The Bertz CT molecular complexity index is 994. The first-order valence-corrected chi connectivity index (χ1v) is 12.3. The summed E-state index contributed by atoms with van der Waals surface area (Å²) < 4.78 is 5.60. The van der Waals surface area contributed by atoms with E-state index < -0.39 is 18.1 Å². The van der Waals surface area contributed by atoms with Crippen molar-refractivity contribution in [3.8, 4) is 11.1 Å². The molecule has 3 rings (SSSR count). The smallest absolute Gasteiger partial charge is 0.407 e. The molecule has 0 spiro atoms. The number of hydrogen-bond acceptors (Lipinski definition) is 4. The van der Waals surface area contributed by atoms with E-state index in [1.807, 2.05) is 64.1 Å². The zero-order valence-corrected chi connectivity index (χ0v) is 21.0. The van der Waals surface area contributed by atoms with E-state index in [0.29, 0.717) is 13.1 Å². The molecule has 1 aliphatic rings. The third-order valence-electron chi connectivity index (χ3n) is 6.06. The fourth-order valence-corrected chi connectivity index (χ4v) is 4.66. The van der Waals surface area contributed by atoms with Crippen molar-refractivity contribution in [1.29, 1.82) is 0 Å². The highest BCUT2D eigenvalue weighted by Crippen LogP contribution is 2.44. The van der Waals surface area contributed by atoms with Gasteiger partial charge in [0.1, 0.15) is 12.6 Å². The molecule has 0 aromatic heterocycles. The zero-order valence-electron chi connectivity index (χ0n) is 21.0. The molecule has 1 unspecified atom stereocenters. The molecule has 2 N–H and O–H groups in total. The number of nitrogens with zero attached hydrogens (tertiary/aromatic N) is 1. The lowest BCUT2D eigenvalue weighted by molar-refractivity contribution is -0.138. The lowest BCUT2D eigenvalue weighted by Gasteiger charge is -2.30. The van der Waals surface area contributed by atoms with Crippen molar-refractivity contribution in [3.63, 3.8) is 0 Å². The molecule has 2 amide bonds. The number of carbonyl (C=O) groups is 3. The van der Waals surface area contributed by atoms with Crippen LogP contribution in [0.5, 0.6) is 0 Å². The van der Waals surface area contributed by atoms with Gasteiger partial charge in [0.15, 0.2) is 0 Å². The number of fused-ring (bicyclic) bond motifs is 3. The molecule has 35 heavy (non-hydrogen) atoms. The second-order valence-corrected chi connectivity index (χ2v) is 9.99. The standard InChI is InChI=1S/C28H36N2O5/c1-18(2)15-30(16-19(3)4)27(33)25(13-14-26(31)32)29-28(34)35-17-24-22-11-7-5-9-20(22)21-10-6-8-12-23(21)24/h5-12,18-19,24-25H,13-17H2,1-4H3,(H,29,34)(H,31,32). The van der Waals surface area contributed by atoms with Gasteiger partial charge in [0, 0.05) is 25.4 Å². The highest BCUT2D eigenvalue weighted by Gasteiger charge is 2.31. The van der Waals surface area contributed by atoms with E-state index in [-0.39, 0.29) is 43.1 Å². The van der Waals surface area contributed by atoms with Crippen LogP contribution in [-0.2, 0) is 14.3 Å². The molecule has 2 aromatic carbocycles. The van der Waals surface area contributed by atoms with Gasteiger partial charge in [0.05, 0.1) is 0 Å². The molecule has 0 heterocycles. The minimum atomic E-state index is -1.02. The van der Waals surface area contributed by atoms with Gasteiger partial charge in [-0.05, 0) is 40.5 Å².